The zero-order valence-corrected chi connectivity index (χ0v) is 18.9. The Labute approximate surface area is 192 Å². The molecule has 31 heavy (non-hydrogen) atoms. The average Bonchev–Trinajstić information content (AvgIpc) is 2.73. The van der Waals surface area contributed by atoms with E-state index in [1.165, 1.54) is 31.3 Å². The summed E-state index contributed by atoms with van der Waals surface area (Å²) in [7, 11) is 2.84. The number of methoxy groups -OCH3 is 2. The molecule has 0 bridgehead atoms. The zero-order chi connectivity index (χ0) is 20.9. The van der Waals surface area contributed by atoms with Gasteiger partial charge in [0.2, 0.25) is 0 Å². The molecule has 174 valence electrons. The van der Waals surface area contributed by atoms with Crippen LogP contribution in [-0.2, 0) is 6.61 Å². The number of hydrogen-bond donors (Lipinski definition) is 1. The van der Waals surface area contributed by atoms with Crippen molar-refractivity contribution in [2.75, 3.05) is 40.4 Å². The summed E-state index contributed by atoms with van der Waals surface area (Å²) < 4.78 is 58.9. The Morgan fingerprint density at radius 2 is 1.52 bits per heavy atom. The summed E-state index contributed by atoms with van der Waals surface area (Å²) in [5, 5.41) is 3.09. The lowest BCUT2D eigenvalue weighted by Crippen LogP contribution is -2.49. The highest BCUT2D eigenvalue weighted by Crippen LogP contribution is 2.45. The lowest BCUT2D eigenvalue weighted by molar-refractivity contribution is -0.188. The van der Waals surface area contributed by atoms with Crippen molar-refractivity contribution in [2.24, 2.45) is 0 Å². The van der Waals surface area contributed by atoms with Crippen molar-refractivity contribution in [3.63, 3.8) is 0 Å². The predicted octanol–water partition coefficient (Wildman–Crippen LogP) is 4.64. The van der Waals surface area contributed by atoms with Crippen LogP contribution < -0.4 is 19.5 Å². The largest absolute Gasteiger partial charge is 0.493 e. The fourth-order valence-corrected chi connectivity index (χ4v) is 3.47. The monoisotopic (exact) mass is 482 g/mol. The molecule has 0 aliphatic carbocycles. The van der Waals surface area contributed by atoms with E-state index in [1.54, 1.807) is 0 Å². The molecule has 1 heterocycles. The van der Waals surface area contributed by atoms with Gasteiger partial charge in [-0.3, -0.25) is 4.90 Å². The van der Waals surface area contributed by atoms with E-state index < -0.39 is 12.2 Å². The van der Waals surface area contributed by atoms with Crippen LogP contribution in [0.3, 0.4) is 0 Å². The standard InChI is InChI=1S/C21H25F3N2O3.2ClH/c1-27-18-12-16(20(21(22,23)24)26-10-8-25-9-11-26)17(13-19(18)28-2)29-14-15-6-4-3-5-7-15;;/h3-7,12-13,20,25H,8-11,14H2,1-2H3;2*1H/t20-;;/m0../s1. The topological polar surface area (TPSA) is 43.0 Å². The number of rotatable bonds is 7. The van der Waals surface area contributed by atoms with Crippen LogP contribution in [0.2, 0.25) is 0 Å². The van der Waals surface area contributed by atoms with Crippen LogP contribution in [0.25, 0.3) is 0 Å². The molecule has 0 unspecified atom stereocenters. The number of nitrogens with one attached hydrogen (secondary N) is 1. The van der Waals surface area contributed by atoms with Crippen LogP contribution in [-0.4, -0.2) is 51.5 Å². The quantitative estimate of drug-likeness (QED) is 0.622. The van der Waals surface area contributed by atoms with Gasteiger partial charge in [0.15, 0.2) is 11.5 Å². The van der Waals surface area contributed by atoms with E-state index in [2.05, 4.69) is 5.32 Å². The van der Waals surface area contributed by atoms with Gasteiger partial charge in [0.25, 0.3) is 0 Å². The van der Waals surface area contributed by atoms with E-state index in [-0.39, 0.29) is 61.6 Å². The van der Waals surface area contributed by atoms with Crippen LogP contribution in [0, 0.1) is 0 Å². The normalized spacial score (nSPS) is 15.3. The van der Waals surface area contributed by atoms with Crippen molar-refractivity contribution in [3.05, 3.63) is 53.6 Å². The molecule has 2 aromatic rings. The van der Waals surface area contributed by atoms with Gasteiger partial charge in [0, 0.05) is 37.8 Å². The van der Waals surface area contributed by atoms with E-state index in [4.69, 9.17) is 14.2 Å². The van der Waals surface area contributed by atoms with E-state index >= 15 is 0 Å². The van der Waals surface area contributed by atoms with Gasteiger partial charge >= 0.3 is 6.18 Å². The van der Waals surface area contributed by atoms with Gasteiger partial charge in [-0.1, -0.05) is 30.3 Å². The average molecular weight is 483 g/mol. The third-order valence-corrected chi connectivity index (χ3v) is 4.87. The van der Waals surface area contributed by atoms with Gasteiger partial charge < -0.3 is 19.5 Å². The second-order valence-corrected chi connectivity index (χ2v) is 6.75. The smallest absolute Gasteiger partial charge is 0.408 e. The van der Waals surface area contributed by atoms with Crippen molar-refractivity contribution >= 4 is 24.8 Å². The number of piperazine rings is 1. The molecule has 0 amide bonds. The van der Waals surface area contributed by atoms with Gasteiger partial charge in [0.1, 0.15) is 18.4 Å². The third kappa shape index (κ3) is 6.80. The Balaban J connectivity index is 0.00000240. The highest BCUT2D eigenvalue weighted by Gasteiger charge is 2.46. The summed E-state index contributed by atoms with van der Waals surface area (Å²) in [6.45, 7) is 1.73. The minimum atomic E-state index is -4.47. The molecule has 1 fully saturated rings. The van der Waals surface area contributed by atoms with E-state index in [0.717, 1.165) is 5.56 Å². The molecule has 0 saturated carbocycles. The lowest BCUT2D eigenvalue weighted by Gasteiger charge is -2.37. The number of benzene rings is 2. The molecular formula is C21H27Cl2F3N2O3. The Morgan fingerprint density at radius 1 is 0.935 bits per heavy atom. The summed E-state index contributed by atoms with van der Waals surface area (Å²) in [6, 6.07) is 10.3. The Kier molecular flexibility index (Phi) is 10.7. The first-order valence-electron chi connectivity index (χ1n) is 9.38. The van der Waals surface area contributed by atoms with Crippen molar-refractivity contribution in [1.82, 2.24) is 10.2 Å². The van der Waals surface area contributed by atoms with Gasteiger partial charge in [-0.05, 0) is 11.6 Å². The van der Waals surface area contributed by atoms with Crippen LogP contribution >= 0.6 is 24.8 Å². The van der Waals surface area contributed by atoms with Crippen molar-refractivity contribution in [3.8, 4) is 17.2 Å². The lowest BCUT2D eigenvalue weighted by atomic mass is 10.0. The van der Waals surface area contributed by atoms with Crippen molar-refractivity contribution in [1.29, 1.82) is 0 Å². The van der Waals surface area contributed by atoms with Crippen LogP contribution in [0.15, 0.2) is 42.5 Å². The molecule has 0 aromatic heterocycles. The minimum Gasteiger partial charge on any atom is -0.493 e. The minimum absolute atomic E-state index is 0. The third-order valence-electron chi connectivity index (χ3n) is 4.87. The van der Waals surface area contributed by atoms with Gasteiger partial charge in [-0.2, -0.15) is 13.2 Å². The summed E-state index contributed by atoms with van der Waals surface area (Å²) in [6.07, 6.45) is -4.47. The summed E-state index contributed by atoms with van der Waals surface area (Å²) in [5.41, 5.74) is 0.881. The molecule has 2 aromatic carbocycles. The Bertz CT molecular complexity index is 804. The number of hydrogen-bond acceptors (Lipinski definition) is 5. The van der Waals surface area contributed by atoms with Crippen molar-refractivity contribution < 1.29 is 27.4 Å². The number of halogens is 5. The first kappa shape index (κ1) is 27.2. The molecule has 3 rings (SSSR count). The Morgan fingerprint density at radius 3 is 2.06 bits per heavy atom. The van der Waals surface area contributed by atoms with Crippen LogP contribution in [0.1, 0.15) is 17.2 Å². The molecule has 1 aliphatic heterocycles. The van der Waals surface area contributed by atoms with Gasteiger partial charge in [0.05, 0.1) is 14.2 Å². The molecule has 1 atom stereocenters. The maximum atomic E-state index is 14.2. The summed E-state index contributed by atoms with van der Waals surface area (Å²) in [5.74, 6) is 0.687. The molecular weight excluding hydrogens is 456 g/mol. The van der Waals surface area contributed by atoms with Gasteiger partial charge in [-0.25, -0.2) is 0 Å². The van der Waals surface area contributed by atoms with Gasteiger partial charge in [-0.15, -0.1) is 24.8 Å². The summed E-state index contributed by atoms with van der Waals surface area (Å²) >= 11 is 0. The first-order chi connectivity index (χ1) is 13.9. The molecule has 0 spiro atoms. The number of ether oxygens (including phenoxy) is 3. The maximum absolute atomic E-state index is 14.2. The zero-order valence-electron chi connectivity index (χ0n) is 17.3. The van der Waals surface area contributed by atoms with Crippen LogP contribution in [0.5, 0.6) is 17.2 Å². The molecule has 1 aliphatic rings. The predicted molar refractivity (Wildman–Crippen MR) is 118 cm³/mol. The van der Waals surface area contributed by atoms with E-state index in [0.29, 0.717) is 18.8 Å². The highest BCUT2D eigenvalue weighted by molar-refractivity contribution is 5.85. The highest BCUT2D eigenvalue weighted by atomic mass is 35.5. The second kappa shape index (κ2) is 12.2. The Hall–Kier alpha value is -1.87. The van der Waals surface area contributed by atoms with Crippen molar-refractivity contribution in [2.45, 2.75) is 18.8 Å². The fourth-order valence-electron chi connectivity index (χ4n) is 3.47. The molecule has 5 nitrogen and oxygen atoms in total. The first-order valence-corrected chi connectivity index (χ1v) is 9.38. The molecule has 1 N–H and O–H groups in total. The number of nitrogens with zero attached hydrogens (tertiary/aromatic N) is 1. The fraction of sp³-hybridized carbons (Fsp3) is 0.429. The summed E-state index contributed by atoms with van der Waals surface area (Å²) in [4.78, 5) is 1.42. The number of alkyl halides is 3. The van der Waals surface area contributed by atoms with E-state index in [1.807, 2.05) is 30.3 Å². The van der Waals surface area contributed by atoms with Crippen LogP contribution in [0.4, 0.5) is 13.2 Å². The second-order valence-electron chi connectivity index (χ2n) is 6.75. The maximum Gasteiger partial charge on any atom is 0.408 e. The SMILES string of the molecule is COc1cc(OCc2ccccc2)c([C@H](N2CCNCC2)C(F)(F)F)cc1OC.Cl.Cl. The molecule has 1 saturated heterocycles. The van der Waals surface area contributed by atoms with E-state index in [9.17, 15) is 13.2 Å². The molecule has 0 radical (unpaired) electrons. The molecule has 10 heteroatoms.